The number of sulfone groups is 2. The summed E-state index contributed by atoms with van der Waals surface area (Å²) in [6.07, 6.45) is 3.33. The average molecular weight is 1080 g/mol. The second-order valence-corrected chi connectivity index (χ2v) is 23.5. The molecule has 0 bridgehead atoms. The molecule has 0 spiro atoms. The summed E-state index contributed by atoms with van der Waals surface area (Å²) in [4.78, 5) is 19.3. The van der Waals surface area contributed by atoms with Gasteiger partial charge in [0.05, 0.1) is 50.2 Å². The first-order valence-corrected chi connectivity index (χ1v) is 28.6. The summed E-state index contributed by atoms with van der Waals surface area (Å²) in [5.41, 5.74) is 19.4. The Hall–Kier alpha value is -7.38. The minimum Gasteiger partial charge on any atom is -0.414 e. The molecule has 3 fully saturated rings. The molecule has 23 heteroatoms. The maximum Gasteiger partial charge on any atom is 0.270 e. The molecule has 2 atom stereocenters. The number of benzene rings is 4. The first-order chi connectivity index (χ1) is 37.4. The molecular weight excluding hydrogens is 1020 g/mol. The molecule has 77 heavy (non-hydrogen) atoms. The van der Waals surface area contributed by atoms with Crippen molar-refractivity contribution in [3.63, 3.8) is 0 Å². The van der Waals surface area contributed by atoms with Crippen LogP contribution in [0.5, 0.6) is 0 Å². The topological polar surface area (TPSA) is 301 Å². The molecule has 4 aromatic carbocycles. The predicted molar refractivity (Wildman–Crippen MR) is 285 cm³/mol. The Morgan fingerprint density at radius 2 is 1.05 bits per heavy atom. The zero-order valence-corrected chi connectivity index (χ0v) is 43.7. The summed E-state index contributed by atoms with van der Waals surface area (Å²) in [5.74, 6) is 0.864. The van der Waals surface area contributed by atoms with E-state index in [2.05, 4.69) is 47.9 Å². The Morgan fingerprint density at radius 1 is 0.558 bits per heavy atom. The van der Waals surface area contributed by atoms with E-state index in [0.29, 0.717) is 111 Å². The highest BCUT2D eigenvalue weighted by Gasteiger charge is 2.34. The van der Waals surface area contributed by atoms with Crippen LogP contribution in [0.25, 0.3) is 68.6 Å². The van der Waals surface area contributed by atoms with E-state index in [4.69, 9.17) is 44.5 Å². The summed E-state index contributed by atoms with van der Waals surface area (Å²) in [7, 11) is -7.10. The van der Waals surface area contributed by atoms with Crippen LogP contribution in [-0.4, -0.2) is 113 Å². The van der Waals surface area contributed by atoms with Crippen molar-refractivity contribution in [2.75, 3.05) is 51.0 Å². The molecule has 0 saturated carbocycles. The van der Waals surface area contributed by atoms with E-state index in [0.717, 1.165) is 29.8 Å². The van der Waals surface area contributed by atoms with Crippen LogP contribution >= 0.6 is 0 Å². The molecular formula is C54H56N12O9S2. The lowest BCUT2D eigenvalue weighted by molar-refractivity contribution is 0.0983. The van der Waals surface area contributed by atoms with Crippen molar-refractivity contribution < 1.29 is 39.9 Å². The fourth-order valence-electron chi connectivity index (χ4n) is 9.62. The van der Waals surface area contributed by atoms with Gasteiger partial charge in [0.15, 0.2) is 42.7 Å². The molecule has 0 aliphatic carbocycles. The highest BCUT2D eigenvalue weighted by atomic mass is 32.2. The number of anilines is 2. The van der Waals surface area contributed by atoms with Crippen molar-refractivity contribution in [3.05, 3.63) is 120 Å². The number of aromatic nitrogens is 8. The van der Waals surface area contributed by atoms with Gasteiger partial charge in [0.25, 0.3) is 11.8 Å². The molecule has 3 aliphatic rings. The van der Waals surface area contributed by atoms with Crippen molar-refractivity contribution in [1.29, 1.82) is 0 Å². The SMILES string of the molecule is CCNCc1ccc(-c2nnc(-c3nc(-c4ccc(S(=O)(=O)C5CCOCC5)cc4)c(C4C[C@H](NCc5ccc(-c6nnc(-c7nc(-c8ccc(S(=O)(=O)C9CCOCC9)cc8)cnc7N)o6)cc5)CO4)nc3N)o2)cc1. The third kappa shape index (κ3) is 11.1. The van der Waals surface area contributed by atoms with Crippen LogP contribution < -0.4 is 22.1 Å². The molecule has 4 aromatic heterocycles. The number of hydrogen-bond donors (Lipinski definition) is 4. The predicted octanol–water partition coefficient (Wildman–Crippen LogP) is 6.83. The van der Waals surface area contributed by atoms with Gasteiger partial charge in [-0.3, -0.25) is 0 Å². The molecule has 0 amide bonds. The van der Waals surface area contributed by atoms with Crippen LogP contribution in [-0.2, 0) is 47.0 Å². The Labute approximate surface area is 444 Å². The second kappa shape index (κ2) is 22.3. The van der Waals surface area contributed by atoms with E-state index < -0.39 is 36.3 Å². The molecule has 0 radical (unpaired) electrons. The number of hydrogen-bond acceptors (Lipinski definition) is 21. The summed E-state index contributed by atoms with van der Waals surface area (Å²) in [6, 6.07) is 28.6. The number of nitrogens with two attached hydrogens (primary N) is 2. The molecule has 3 aliphatic heterocycles. The van der Waals surface area contributed by atoms with Gasteiger partial charge in [-0.15, -0.1) is 20.4 Å². The normalized spacial score (nSPS) is 17.7. The van der Waals surface area contributed by atoms with Crippen molar-refractivity contribution in [3.8, 4) is 68.6 Å². The van der Waals surface area contributed by atoms with Gasteiger partial charge in [-0.05, 0) is 98.3 Å². The lowest BCUT2D eigenvalue weighted by Gasteiger charge is -2.22. The van der Waals surface area contributed by atoms with Crippen LogP contribution in [0, 0.1) is 0 Å². The fraction of sp³-hybridized carbons (Fsp3) is 0.333. The van der Waals surface area contributed by atoms with Gasteiger partial charge in [-0.1, -0.05) is 55.5 Å². The van der Waals surface area contributed by atoms with Gasteiger partial charge in [0.2, 0.25) is 11.8 Å². The molecule has 21 nitrogen and oxygen atoms in total. The van der Waals surface area contributed by atoms with Crippen molar-refractivity contribution in [2.45, 2.75) is 84.6 Å². The Morgan fingerprint density at radius 3 is 1.60 bits per heavy atom. The maximum absolute atomic E-state index is 13.6. The molecule has 8 aromatic rings. The van der Waals surface area contributed by atoms with Crippen LogP contribution in [0.2, 0.25) is 0 Å². The summed E-state index contributed by atoms with van der Waals surface area (Å²) in [6.45, 7) is 6.19. The zero-order chi connectivity index (χ0) is 53.1. The van der Waals surface area contributed by atoms with E-state index in [1.54, 1.807) is 48.5 Å². The zero-order valence-electron chi connectivity index (χ0n) is 42.0. The van der Waals surface area contributed by atoms with E-state index in [9.17, 15) is 16.8 Å². The number of nitrogen functional groups attached to an aromatic ring is 2. The minimum atomic E-state index is -3.60. The number of ether oxygens (including phenoxy) is 3. The molecule has 11 rings (SSSR count). The van der Waals surface area contributed by atoms with Crippen LogP contribution in [0.15, 0.2) is 122 Å². The molecule has 6 N–H and O–H groups in total. The van der Waals surface area contributed by atoms with Crippen LogP contribution in [0.1, 0.15) is 62.0 Å². The van der Waals surface area contributed by atoms with E-state index >= 15 is 0 Å². The van der Waals surface area contributed by atoms with E-state index in [-0.39, 0.29) is 56.5 Å². The van der Waals surface area contributed by atoms with E-state index in [1.165, 1.54) is 6.20 Å². The molecule has 7 heterocycles. The van der Waals surface area contributed by atoms with Gasteiger partial charge >= 0.3 is 0 Å². The largest absolute Gasteiger partial charge is 0.414 e. The lowest BCUT2D eigenvalue weighted by atomic mass is 10.0. The summed E-state index contributed by atoms with van der Waals surface area (Å²) < 4.78 is 83.1. The van der Waals surface area contributed by atoms with Gasteiger partial charge < -0.3 is 45.1 Å². The number of nitrogens with zero attached hydrogens (tertiary/aromatic N) is 8. The van der Waals surface area contributed by atoms with Gasteiger partial charge in [-0.25, -0.2) is 36.8 Å². The highest BCUT2D eigenvalue weighted by molar-refractivity contribution is 7.92. The monoisotopic (exact) mass is 1080 g/mol. The van der Waals surface area contributed by atoms with Crippen molar-refractivity contribution in [2.24, 2.45) is 0 Å². The number of nitrogens with one attached hydrogen (secondary N) is 2. The smallest absolute Gasteiger partial charge is 0.270 e. The van der Waals surface area contributed by atoms with Crippen molar-refractivity contribution >= 4 is 31.3 Å². The number of rotatable bonds is 17. The van der Waals surface area contributed by atoms with Gasteiger partial charge in [-0.2, -0.15) is 0 Å². The molecule has 1 unspecified atom stereocenters. The lowest BCUT2D eigenvalue weighted by Crippen LogP contribution is -2.28. The summed E-state index contributed by atoms with van der Waals surface area (Å²) >= 11 is 0. The van der Waals surface area contributed by atoms with Gasteiger partial charge in [0.1, 0.15) is 6.10 Å². The fourth-order valence-corrected chi connectivity index (χ4v) is 13.0. The highest BCUT2D eigenvalue weighted by Crippen LogP contribution is 2.39. The molecule has 3 saturated heterocycles. The standard InChI is InChI=1S/C54H56N12O9S2/c1-2-57-28-32-3-7-36(8-4-32)52-64-66-54(75-52)48-50(56)62-46(45(61-48)35-13-17-40(18-14-35)77(69,70)42-21-25-72-26-22-42)44-27-38(31-73-44)58-29-33-5-9-37(10-6-33)51-63-65-53(74-51)47-49(55)59-30-43(60-47)34-11-15-39(16-12-34)76(67,68)41-19-23-71-24-20-41/h3-18,30,38,41-42,44,57-58H,2,19-29,31H2,1H3,(H2,55,59)(H2,56,62)/t38-,44?/m0/s1. The first kappa shape index (κ1) is 51.7. The second-order valence-electron chi connectivity index (χ2n) is 19.1. The van der Waals surface area contributed by atoms with Crippen molar-refractivity contribution in [1.82, 2.24) is 51.0 Å². The van der Waals surface area contributed by atoms with Gasteiger partial charge in [0, 0.05) is 67.8 Å². The summed E-state index contributed by atoms with van der Waals surface area (Å²) in [5, 5.41) is 23.0. The van der Waals surface area contributed by atoms with Crippen LogP contribution in [0.3, 0.4) is 0 Å². The van der Waals surface area contributed by atoms with Crippen LogP contribution in [0.4, 0.5) is 11.6 Å². The minimum absolute atomic E-state index is 0.0699. The Bertz CT molecular complexity index is 3590. The van der Waals surface area contributed by atoms with E-state index in [1.807, 2.05) is 48.5 Å². The maximum atomic E-state index is 13.6. The third-order valence-electron chi connectivity index (χ3n) is 14.0. The quantitative estimate of drug-likeness (QED) is 0.0726. The first-order valence-electron chi connectivity index (χ1n) is 25.5. The molecule has 398 valence electrons. The average Bonchev–Trinajstić information content (AvgIpc) is 4.29. The Kier molecular flexibility index (Phi) is 15.0. The third-order valence-corrected chi connectivity index (χ3v) is 18.6. The Balaban J connectivity index is 0.773.